The number of nitrogens with one attached hydrogen (secondary N) is 1. The molecule has 1 N–H and O–H groups in total. The molecular weight excluding hydrogens is 224 g/mol. The molecule has 0 bridgehead atoms. The molecule has 3 nitrogen and oxygen atoms in total. The molecule has 2 aliphatic rings. The van der Waals surface area contributed by atoms with Crippen LogP contribution in [0.25, 0.3) is 0 Å². The highest BCUT2D eigenvalue weighted by molar-refractivity contribution is 4.88. The fourth-order valence-electron chi connectivity index (χ4n) is 3.11. The van der Waals surface area contributed by atoms with Gasteiger partial charge in [0.15, 0.2) is 0 Å². The molecule has 0 radical (unpaired) electrons. The van der Waals surface area contributed by atoms with Crippen molar-refractivity contribution in [3.8, 4) is 0 Å². The largest absolute Gasteiger partial charge is 0.378 e. The van der Waals surface area contributed by atoms with Crippen LogP contribution >= 0.6 is 0 Å². The molecule has 2 saturated heterocycles. The molecule has 2 rings (SSSR count). The fourth-order valence-corrected chi connectivity index (χ4v) is 3.11. The van der Waals surface area contributed by atoms with Gasteiger partial charge in [-0.2, -0.15) is 0 Å². The summed E-state index contributed by atoms with van der Waals surface area (Å²) in [7, 11) is 0. The average molecular weight is 254 g/mol. The highest BCUT2D eigenvalue weighted by Crippen LogP contribution is 2.19. The van der Waals surface area contributed by atoms with Gasteiger partial charge in [-0.25, -0.2) is 0 Å². The summed E-state index contributed by atoms with van der Waals surface area (Å²) >= 11 is 0. The Kier molecular flexibility index (Phi) is 5.46. The Bertz CT molecular complexity index is 241. The predicted octanol–water partition coefficient (Wildman–Crippen LogP) is 2.41. The van der Waals surface area contributed by atoms with Crippen LogP contribution in [0.1, 0.15) is 52.4 Å². The molecule has 0 amide bonds. The minimum Gasteiger partial charge on any atom is -0.378 e. The molecule has 0 aromatic heterocycles. The van der Waals surface area contributed by atoms with Crippen LogP contribution in [0.3, 0.4) is 0 Å². The summed E-state index contributed by atoms with van der Waals surface area (Å²) in [5.74, 6) is 0. The summed E-state index contributed by atoms with van der Waals surface area (Å²) in [5.41, 5.74) is 0.309. The monoisotopic (exact) mass is 254 g/mol. The van der Waals surface area contributed by atoms with E-state index in [1.165, 1.54) is 64.7 Å². The number of ether oxygens (including phenoxy) is 1. The van der Waals surface area contributed by atoms with E-state index in [1.807, 2.05) is 0 Å². The summed E-state index contributed by atoms with van der Waals surface area (Å²) in [6, 6.07) is 0. The summed E-state index contributed by atoms with van der Waals surface area (Å²) in [5, 5.41) is 3.70. The summed E-state index contributed by atoms with van der Waals surface area (Å²) in [6.07, 6.45) is 8.14. The van der Waals surface area contributed by atoms with E-state index in [1.54, 1.807) is 0 Å². The second-order valence-electron chi connectivity index (χ2n) is 6.25. The third-order valence-electron chi connectivity index (χ3n) is 4.60. The van der Waals surface area contributed by atoms with Crippen molar-refractivity contribution in [1.29, 1.82) is 0 Å². The van der Waals surface area contributed by atoms with Gasteiger partial charge < -0.3 is 15.0 Å². The Morgan fingerprint density at radius 2 is 2.22 bits per heavy atom. The van der Waals surface area contributed by atoms with E-state index in [9.17, 15) is 0 Å². The minimum absolute atomic E-state index is 0.309. The van der Waals surface area contributed by atoms with Crippen molar-refractivity contribution in [3.05, 3.63) is 0 Å². The van der Waals surface area contributed by atoms with Crippen LogP contribution in [0, 0.1) is 0 Å². The number of rotatable bonds is 4. The quantitative estimate of drug-likeness (QED) is 0.834. The first-order chi connectivity index (χ1) is 8.72. The van der Waals surface area contributed by atoms with Crippen LogP contribution in [0.5, 0.6) is 0 Å². The second kappa shape index (κ2) is 6.88. The van der Waals surface area contributed by atoms with Crippen molar-refractivity contribution < 1.29 is 4.74 Å². The van der Waals surface area contributed by atoms with Crippen molar-refractivity contribution >= 4 is 0 Å². The van der Waals surface area contributed by atoms with Gasteiger partial charge in [0.2, 0.25) is 0 Å². The maximum atomic E-state index is 5.84. The van der Waals surface area contributed by atoms with Crippen LogP contribution in [-0.4, -0.2) is 49.3 Å². The lowest BCUT2D eigenvalue weighted by Crippen LogP contribution is -2.48. The molecule has 106 valence electrons. The van der Waals surface area contributed by atoms with Gasteiger partial charge in [-0.15, -0.1) is 0 Å². The van der Waals surface area contributed by atoms with Crippen LogP contribution in [0.2, 0.25) is 0 Å². The van der Waals surface area contributed by atoms with E-state index < -0.39 is 0 Å². The molecule has 0 aliphatic carbocycles. The molecular formula is C15H30N2O. The normalized spacial score (nSPS) is 35.3. The van der Waals surface area contributed by atoms with Gasteiger partial charge in [0, 0.05) is 25.2 Å². The van der Waals surface area contributed by atoms with Crippen molar-refractivity contribution in [1.82, 2.24) is 10.2 Å². The summed E-state index contributed by atoms with van der Waals surface area (Å²) < 4.78 is 5.84. The molecule has 2 aliphatic heterocycles. The predicted molar refractivity (Wildman–Crippen MR) is 76.0 cm³/mol. The first-order valence-electron chi connectivity index (χ1n) is 7.81. The molecule has 0 spiro atoms. The van der Waals surface area contributed by atoms with E-state index in [-0.39, 0.29) is 0 Å². The number of nitrogens with zero attached hydrogens (tertiary/aromatic N) is 1. The van der Waals surface area contributed by atoms with Crippen LogP contribution in [0.4, 0.5) is 0 Å². The van der Waals surface area contributed by atoms with E-state index >= 15 is 0 Å². The topological polar surface area (TPSA) is 24.5 Å². The van der Waals surface area contributed by atoms with Crippen LogP contribution in [-0.2, 0) is 4.74 Å². The maximum absolute atomic E-state index is 5.84. The average Bonchev–Trinajstić information content (AvgIpc) is 2.60. The van der Waals surface area contributed by atoms with E-state index in [4.69, 9.17) is 4.74 Å². The third-order valence-corrected chi connectivity index (χ3v) is 4.60. The molecule has 0 aromatic rings. The lowest BCUT2D eigenvalue weighted by Gasteiger charge is -2.33. The van der Waals surface area contributed by atoms with Gasteiger partial charge in [-0.05, 0) is 58.5 Å². The zero-order chi connectivity index (χ0) is 12.8. The van der Waals surface area contributed by atoms with E-state index in [0.29, 0.717) is 11.6 Å². The number of hydrogen-bond acceptors (Lipinski definition) is 3. The molecule has 3 heteroatoms. The molecule has 2 heterocycles. The van der Waals surface area contributed by atoms with Gasteiger partial charge in [-0.1, -0.05) is 6.92 Å². The first-order valence-corrected chi connectivity index (χ1v) is 7.81. The Labute approximate surface area is 112 Å². The smallest absolute Gasteiger partial charge is 0.0587 e. The number of hydrogen-bond donors (Lipinski definition) is 1. The fraction of sp³-hybridized carbons (Fsp3) is 1.00. The Morgan fingerprint density at radius 3 is 2.94 bits per heavy atom. The van der Waals surface area contributed by atoms with Crippen LogP contribution in [0.15, 0.2) is 0 Å². The van der Waals surface area contributed by atoms with Gasteiger partial charge in [0.25, 0.3) is 0 Å². The van der Waals surface area contributed by atoms with E-state index in [0.717, 1.165) is 6.61 Å². The van der Waals surface area contributed by atoms with Gasteiger partial charge in [0.1, 0.15) is 0 Å². The molecule has 2 atom stereocenters. The third kappa shape index (κ3) is 4.22. The molecule has 2 fully saturated rings. The molecule has 2 unspecified atom stereocenters. The summed E-state index contributed by atoms with van der Waals surface area (Å²) in [6.45, 7) is 10.5. The lowest BCUT2D eigenvalue weighted by atomic mass is 9.98. The standard InChI is InChI=1S/C15H30N2O/c1-3-15(2)13-17(10-6-9-16-15)11-8-14-7-4-5-12-18-14/h14,16H,3-13H2,1-2H3. The second-order valence-corrected chi connectivity index (χ2v) is 6.25. The highest BCUT2D eigenvalue weighted by Gasteiger charge is 2.27. The lowest BCUT2D eigenvalue weighted by molar-refractivity contribution is 0.00471. The SMILES string of the molecule is CCC1(C)CN(CCC2CCCCO2)CCCN1. The van der Waals surface area contributed by atoms with Gasteiger partial charge in [-0.3, -0.25) is 0 Å². The highest BCUT2D eigenvalue weighted by atomic mass is 16.5. The Morgan fingerprint density at radius 1 is 1.33 bits per heavy atom. The zero-order valence-corrected chi connectivity index (χ0v) is 12.2. The summed E-state index contributed by atoms with van der Waals surface area (Å²) in [4.78, 5) is 2.64. The van der Waals surface area contributed by atoms with Crippen molar-refractivity contribution in [2.24, 2.45) is 0 Å². The van der Waals surface area contributed by atoms with Crippen molar-refractivity contribution in [2.45, 2.75) is 64.0 Å². The maximum Gasteiger partial charge on any atom is 0.0587 e. The van der Waals surface area contributed by atoms with Crippen molar-refractivity contribution in [2.75, 3.05) is 32.8 Å². The molecule has 0 aromatic carbocycles. The molecule has 0 saturated carbocycles. The van der Waals surface area contributed by atoms with E-state index in [2.05, 4.69) is 24.1 Å². The Balaban J connectivity index is 1.76. The van der Waals surface area contributed by atoms with Gasteiger partial charge >= 0.3 is 0 Å². The Hall–Kier alpha value is -0.120. The minimum atomic E-state index is 0.309. The molecule has 18 heavy (non-hydrogen) atoms. The first kappa shape index (κ1) is 14.3. The van der Waals surface area contributed by atoms with Gasteiger partial charge in [0.05, 0.1) is 6.10 Å². The van der Waals surface area contributed by atoms with Crippen molar-refractivity contribution in [3.63, 3.8) is 0 Å². The van der Waals surface area contributed by atoms with Crippen LogP contribution < -0.4 is 5.32 Å². The zero-order valence-electron chi connectivity index (χ0n) is 12.2.